The van der Waals surface area contributed by atoms with Crippen LogP contribution in [0.3, 0.4) is 0 Å². The lowest BCUT2D eigenvalue weighted by atomic mass is 10.2. The molecule has 29 heavy (non-hydrogen) atoms. The Labute approximate surface area is 173 Å². The molecule has 0 unspecified atom stereocenters. The zero-order chi connectivity index (χ0) is 20.1. The first-order valence-corrected chi connectivity index (χ1v) is 10.4. The Balaban J connectivity index is 1.29. The second-order valence-corrected chi connectivity index (χ2v) is 7.84. The van der Waals surface area contributed by atoms with Crippen molar-refractivity contribution in [1.29, 1.82) is 0 Å². The standard InChI is InChI=1S/C22H22FN3O2S/c23-19-6-1-2-7-20(19)28-15-17-13-21(29-16-17)22(27)26-11-9-25(10-12-26)14-18-5-3-4-8-24-18/h1-8,13,16H,9-12,14-15H2. The fourth-order valence-electron chi connectivity index (χ4n) is 3.27. The number of hydrogen-bond donors (Lipinski definition) is 0. The molecule has 0 spiro atoms. The van der Waals surface area contributed by atoms with Crippen molar-refractivity contribution in [2.45, 2.75) is 13.2 Å². The number of para-hydroxylation sites is 1. The minimum atomic E-state index is -0.386. The fraction of sp³-hybridized carbons (Fsp3) is 0.273. The maximum atomic E-state index is 13.6. The normalized spacial score (nSPS) is 14.7. The molecule has 0 radical (unpaired) electrons. The second kappa shape index (κ2) is 9.15. The van der Waals surface area contributed by atoms with Gasteiger partial charge in [0.25, 0.3) is 5.91 Å². The van der Waals surface area contributed by atoms with Crippen LogP contribution >= 0.6 is 11.3 Å². The van der Waals surface area contributed by atoms with Gasteiger partial charge in [-0.05, 0) is 35.7 Å². The summed E-state index contributed by atoms with van der Waals surface area (Å²) in [5.41, 5.74) is 1.92. The molecule has 0 N–H and O–H groups in total. The van der Waals surface area contributed by atoms with Crippen molar-refractivity contribution < 1.29 is 13.9 Å². The van der Waals surface area contributed by atoms with Gasteiger partial charge in [0, 0.05) is 44.5 Å². The van der Waals surface area contributed by atoms with Gasteiger partial charge in [0.15, 0.2) is 11.6 Å². The summed E-state index contributed by atoms with van der Waals surface area (Å²) in [6.45, 7) is 4.10. The summed E-state index contributed by atoms with van der Waals surface area (Å²) in [5.74, 6) is -0.122. The van der Waals surface area contributed by atoms with E-state index >= 15 is 0 Å². The van der Waals surface area contributed by atoms with Gasteiger partial charge in [-0.2, -0.15) is 0 Å². The van der Waals surface area contributed by atoms with Gasteiger partial charge in [0.05, 0.1) is 10.6 Å². The van der Waals surface area contributed by atoms with E-state index in [9.17, 15) is 9.18 Å². The predicted octanol–water partition coefficient (Wildman–Crippen LogP) is 3.82. The smallest absolute Gasteiger partial charge is 0.264 e. The van der Waals surface area contributed by atoms with Crippen molar-refractivity contribution in [2.75, 3.05) is 26.2 Å². The lowest BCUT2D eigenvalue weighted by Gasteiger charge is -2.34. The topological polar surface area (TPSA) is 45.7 Å². The van der Waals surface area contributed by atoms with Crippen molar-refractivity contribution in [1.82, 2.24) is 14.8 Å². The molecule has 1 saturated heterocycles. The SMILES string of the molecule is O=C(c1cc(COc2ccccc2F)cs1)N1CCN(Cc2ccccn2)CC1. The molecule has 1 amide bonds. The Morgan fingerprint density at radius 1 is 1.10 bits per heavy atom. The molecule has 0 aliphatic carbocycles. The summed E-state index contributed by atoms with van der Waals surface area (Å²) in [7, 11) is 0. The highest BCUT2D eigenvalue weighted by Crippen LogP contribution is 2.21. The lowest BCUT2D eigenvalue weighted by Crippen LogP contribution is -2.48. The number of hydrogen-bond acceptors (Lipinski definition) is 5. The first-order chi connectivity index (χ1) is 14.2. The molecule has 4 rings (SSSR count). The quantitative estimate of drug-likeness (QED) is 0.619. The fourth-order valence-corrected chi connectivity index (χ4v) is 4.14. The molecule has 1 fully saturated rings. The molecule has 3 aromatic rings. The van der Waals surface area contributed by atoms with Gasteiger partial charge < -0.3 is 9.64 Å². The molecule has 0 atom stereocenters. The van der Waals surface area contributed by atoms with E-state index in [2.05, 4.69) is 9.88 Å². The van der Waals surface area contributed by atoms with Crippen molar-refractivity contribution in [2.24, 2.45) is 0 Å². The summed E-state index contributed by atoms with van der Waals surface area (Å²) in [4.78, 5) is 22.1. The van der Waals surface area contributed by atoms with Crippen LogP contribution in [0.15, 0.2) is 60.1 Å². The summed E-state index contributed by atoms with van der Waals surface area (Å²) in [5, 5.41) is 1.89. The summed E-state index contributed by atoms with van der Waals surface area (Å²) < 4.78 is 19.2. The van der Waals surface area contributed by atoms with Gasteiger partial charge in [0.1, 0.15) is 6.61 Å². The van der Waals surface area contributed by atoms with Crippen LogP contribution in [-0.2, 0) is 13.2 Å². The van der Waals surface area contributed by atoms with E-state index in [1.54, 1.807) is 24.4 Å². The molecule has 1 aliphatic rings. The molecular weight excluding hydrogens is 389 g/mol. The Morgan fingerprint density at radius 3 is 2.66 bits per heavy atom. The van der Waals surface area contributed by atoms with E-state index in [4.69, 9.17) is 4.74 Å². The molecule has 1 aliphatic heterocycles. The molecule has 2 aromatic heterocycles. The van der Waals surface area contributed by atoms with Gasteiger partial charge in [-0.25, -0.2) is 4.39 Å². The molecule has 3 heterocycles. The largest absolute Gasteiger partial charge is 0.486 e. The maximum Gasteiger partial charge on any atom is 0.264 e. The van der Waals surface area contributed by atoms with Gasteiger partial charge in [0.2, 0.25) is 0 Å². The van der Waals surface area contributed by atoms with Gasteiger partial charge in [-0.3, -0.25) is 14.7 Å². The third-order valence-electron chi connectivity index (χ3n) is 4.87. The van der Waals surface area contributed by atoms with Gasteiger partial charge >= 0.3 is 0 Å². The molecule has 5 nitrogen and oxygen atoms in total. The van der Waals surface area contributed by atoms with E-state index in [1.807, 2.05) is 34.5 Å². The summed E-state index contributed by atoms with van der Waals surface area (Å²) >= 11 is 1.41. The third kappa shape index (κ3) is 4.99. The van der Waals surface area contributed by atoms with Crippen LogP contribution in [-0.4, -0.2) is 46.9 Å². The number of nitrogens with zero attached hydrogens (tertiary/aromatic N) is 3. The van der Waals surface area contributed by atoms with E-state index in [1.165, 1.54) is 17.4 Å². The maximum absolute atomic E-state index is 13.6. The second-order valence-electron chi connectivity index (χ2n) is 6.93. The number of piperazine rings is 1. The lowest BCUT2D eigenvalue weighted by molar-refractivity contribution is 0.0631. The Hall–Kier alpha value is -2.77. The number of ether oxygens (including phenoxy) is 1. The predicted molar refractivity (Wildman–Crippen MR) is 110 cm³/mol. The van der Waals surface area contributed by atoms with Crippen LogP contribution in [0.5, 0.6) is 5.75 Å². The number of halogens is 1. The number of pyridine rings is 1. The van der Waals surface area contributed by atoms with Gasteiger partial charge in [-0.1, -0.05) is 18.2 Å². The number of aromatic nitrogens is 1. The molecule has 0 saturated carbocycles. The minimum absolute atomic E-state index is 0.0460. The van der Waals surface area contributed by atoms with E-state index in [0.717, 1.165) is 30.9 Å². The zero-order valence-electron chi connectivity index (χ0n) is 16.0. The van der Waals surface area contributed by atoms with Crippen LogP contribution in [0.25, 0.3) is 0 Å². The average Bonchev–Trinajstić information content (AvgIpc) is 3.23. The zero-order valence-corrected chi connectivity index (χ0v) is 16.8. The van der Waals surface area contributed by atoms with Crippen LogP contribution in [0.4, 0.5) is 4.39 Å². The van der Waals surface area contributed by atoms with E-state index in [-0.39, 0.29) is 24.1 Å². The monoisotopic (exact) mass is 411 g/mol. The van der Waals surface area contributed by atoms with Gasteiger partial charge in [-0.15, -0.1) is 11.3 Å². The summed E-state index contributed by atoms with van der Waals surface area (Å²) in [6.07, 6.45) is 1.80. The van der Waals surface area contributed by atoms with Crippen molar-refractivity contribution >= 4 is 17.2 Å². The highest BCUT2D eigenvalue weighted by atomic mass is 32.1. The Morgan fingerprint density at radius 2 is 1.90 bits per heavy atom. The van der Waals surface area contributed by atoms with Crippen molar-refractivity contribution in [3.05, 3.63) is 82.1 Å². The minimum Gasteiger partial charge on any atom is -0.486 e. The van der Waals surface area contributed by atoms with Crippen LogP contribution in [0.2, 0.25) is 0 Å². The first kappa shape index (κ1) is 19.5. The number of amides is 1. The highest BCUT2D eigenvalue weighted by Gasteiger charge is 2.23. The molecule has 150 valence electrons. The summed E-state index contributed by atoms with van der Waals surface area (Å²) in [6, 6.07) is 14.1. The molecule has 0 bridgehead atoms. The van der Waals surface area contributed by atoms with Crippen LogP contribution in [0.1, 0.15) is 20.9 Å². The van der Waals surface area contributed by atoms with Crippen molar-refractivity contribution in [3.63, 3.8) is 0 Å². The van der Waals surface area contributed by atoms with E-state index in [0.29, 0.717) is 18.0 Å². The number of rotatable bonds is 6. The average molecular weight is 412 g/mol. The molecular formula is C22H22FN3O2S. The van der Waals surface area contributed by atoms with Crippen molar-refractivity contribution in [3.8, 4) is 5.75 Å². The first-order valence-electron chi connectivity index (χ1n) is 9.55. The number of thiophene rings is 1. The third-order valence-corrected chi connectivity index (χ3v) is 5.83. The van der Waals surface area contributed by atoms with Crippen LogP contribution < -0.4 is 4.74 Å². The highest BCUT2D eigenvalue weighted by molar-refractivity contribution is 7.12. The van der Waals surface area contributed by atoms with E-state index < -0.39 is 0 Å². The molecule has 1 aromatic carbocycles. The molecule has 7 heteroatoms. The number of carbonyl (C=O) groups excluding carboxylic acids is 1. The van der Waals surface area contributed by atoms with Crippen LogP contribution in [0, 0.1) is 5.82 Å². The Bertz CT molecular complexity index is 955. The number of carbonyl (C=O) groups is 1. The number of benzene rings is 1. The Kier molecular flexibility index (Phi) is 6.17.